The molecule has 1 amide bonds. The number of aliphatic hydroxyl groups is 2. The second kappa shape index (κ2) is 7.44. The molecule has 0 atom stereocenters. The highest BCUT2D eigenvalue weighted by atomic mass is 16.5. The van der Waals surface area contributed by atoms with Gasteiger partial charge in [-0.1, -0.05) is 18.2 Å². The minimum Gasteiger partial charge on any atom is -0.507 e. The average Bonchev–Trinajstić information content (AvgIpc) is 2.54. The molecule has 0 fully saturated rings. The summed E-state index contributed by atoms with van der Waals surface area (Å²) in [6.07, 6.45) is 0. The third-order valence-electron chi connectivity index (χ3n) is 3.01. The lowest BCUT2D eigenvalue weighted by atomic mass is 10.1. The number of anilines is 1. The molecule has 0 unspecified atom stereocenters. The fraction of sp³-hybridized carbons (Fsp3) is 0.188. The molecule has 0 heterocycles. The van der Waals surface area contributed by atoms with Gasteiger partial charge in [0.05, 0.1) is 13.2 Å². The van der Waals surface area contributed by atoms with E-state index < -0.39 is 13.2 Å². The normalized spacial score (nSPS) is 10.3. The first-order chi connectivity index (χ1) is 10.6. The SMILES string of the molecule is O=C(COc1cc(CO)c(O)c(CO)c1)Nc1ccccc1. The van der Waals surface area contributed by atoms with Crippen molar-refractivity contribution < 1.29 is 24.9 Å². The van der Waals surface area contributed by atoms with Crippen molar-refractivity contribution in [2.45, 2.75) is 13.2 Å². The Balaban J connectivity index is 2.00. The first kappa shape index (κ1) is 15.8. The van der Waals surface area contributed by atoms with Gasteiger partial charge in [0.1, 0.15) is 11.5 Å². The summed E-state index contributed by atoms with van der Waals surface area (Å²) >= 11 is 0. The largest absolute Gasteiger partial charge is 0.507 e. The lowest BCUT2D eigenvalue weighted by Crippen LogP contribution is -2.20. The molecule has 2 rings (SSSR count). The monoisotopic (exact) mass is 303 g/mol. The average molecular weight is 303 g/mol. The molecule has 0 aromatic heterocycles. The van der Waals surface area contributed by atoms with Crippen molar-refractivity contribution in [1.82, 2.24) is 0 Å². The van der Waals surface area contributed by atoms with E-state index in [1.54, 1.807) is 24.3 Å². The summed E-state index contributed by atoms with van der Waals surface area (Å²) in [6, 6.07) is 11.8. The number of nitrogens with one attached hydrogen (secondary N) is 1. The van der Waals surface area contributed by atoms with Crippen molar-refractivity contribution in [2.24, 2.45) is 0 Å². The van der Waals surface area contributed by atoms with E-state index in [2.05, 4.69) is 5.32 Å². The van der Waals surface area contributed by atoms with Crippen molar-refractivity contribution in [1.29, 1.82) is 0 Å². The van der Waals surface area contributed by atoms with Gasteiger partial charge in [-0.2, -0.15) is 0 Å². The Morgan fingerprint density at radius 3 is 2.18 bits per heavy atom. The van der Waals surface area contributed by atoms with Crippen LogP contribution in [-0.2, 0) is 18.0 Å². The molecule has 0 saturated carbocycles. The Labute approximate surface area is 127 Å². The Bertz CT molecular complexity index is 617. The van der Waals surface area contributed by atoms with Gasteiger partial charge in [0.15, 0.2) is 6.61 Å². The summed E-state index contributed by atoms with van der Waals surface area (Å²) in [5, 5.41) is 30.7. The Morgan fingerprint density at radius 2 is 1.64 bits per heavy atom. The van der Waals surface area contributed by atoms with Crippen molar-refractivity contribution in [3.63, 3.8) is 0 Å². The molecule has 0 bridgehead atoms. The highest BCUT2D eigenvalue weighted by Crippen LogP contribution is 2.28. The molecule has 0 aliphatic heterocycles. The van der Waals surface area contributed by atoms with Crippen LogP contribution >= 0.6 is 0 Å². The zero-order valence-corrected chi connectivity index (χ0v) is 11.8. The van der Waals surface area contributed by atoms with Crippen LogP contribution in [0.2, 0.25) is 0 Å². The number of carbonyl (C=O) groups excluding carboxylic acids is 1. The van der Waals surface area contributed by atoms with Crippen LogP contribution in [0.15, 0.2) is 42.5 Å². The van der Waals surface area contributed by atoms with Crippen molar-refractivity contribution in [3.05, 3.63) is 53.6 Å². The van der Waals surface area contributed by atoms with E-state index in [4.69, 9.17) is 14.9 Å². The first-order valence-corrected chi connectivity index (χ1v) is 6.68. The molecule has 0 aliphatic carbocycles. The minimum absolute atomic E-state index is 0.175. The Hall–Kier alpha value is -2.57. The second-order valence-corrected chi connectivity index (χ2v) is 4.61. The van der Waals surface area contributed by atoms with Crippen molar-refractivity contribution in [3.8, 4) is 11.5 Å². The number of aliphatic hydroxyl groups excluding tert-OH is 2. The molecule has 0 radical (unpaired) electrons. The van der Waals surface area contributed by atoms with Gasteiger partial charge >= 0.3 is 0 Å². The predicted octanol–water partition coefficient (Wildman–Crippen LogP) is 1.39. The first-order valence-electron chi connectivity index (χ1n) is 6.68. The van der Waals surface area contributed by atoms with E-state index in [0.29, 0.717) is 5.69 Å². The van der Waals surface area contributed by atoms with Crippen molar-refractivity contribution in [2.75, 3.05) is 11.9 Å². The highest BCUT2D eigenvalue weighted by molar-refractivity contribution is 5.91. The summed E-state index contributed by atoms with van der Waals surface area (Å²) in [5.74, 6) is -0.226. The van der Waals surface area contributed by atoms with E-state index >= 15 is 0 Å². The number of hydrogen-bond acceptors (Lipinski definition) is 5. The standard InChI is InChI=1S/C16H17NO5/c18-8-11-6-14(7-12(9-19)16(11)21)22-10-15(20)17-13-4-2-1-3-5-13/h1-7,18-19,21H,8-10H2,(H,17,20). The number of hydrogen-bond donors (Lipinski definition) is 4. The van der Waals surface area contributed by atoms with E-state index in [9.17, 15) is 9.90 Å². The summed E-state index contributed by atoms with van der Waals surface area (Å²) in [6.45, 7) is -1.02. The zero-order chi connectivity index (χ0) is 15.9. The molecule has 22 heavy (non-hydrogen) atoms. The topological polar surface area (TPSA) is 99.0 Å². The van der Waals surface area contributed by atoms with Crippen LogP contribution < -0.4 is 10.1 Å². The third-order valence-corrected chi connectivity index (χ3v) is 3.01. The number of amides is 1. The van der Waals surface area contributed by atoms with E-state index in [0.717, 1.165) is 0 Å². The van der Waals surface area contributed by atoms with E-state index in [-0.39, 0.29) is 35.1 Å². The van der Waals surface area contributed by atoms with E-state index in [1.807, 2.05) is 6.07 Å². The van der Waals surface area contributed by atoms with Crippen LogP contribution in [-0.4, -0.2) is 27.8 Å². The number of aromatic hydroxyl groups is 1. The number of ether oxygens (including phenoxy) is 1. The molecule has 0 saturated heterocycles. The lowest BCUT2D eigenvalue weighted by Gasteiger charge is -2.12. The molecule has 6 nitrogen and oxygen atoms in total. The molecule has 0 spiro atoms. The molecule has 0 aliphatic rings. The smallest absolute Gasteiger partial charge is 0.262 e. The van der Waals surface area contributed by atoms with Crippen LogP contribution in [0.3, 0.4) is 0 Å². The van der Waals surface area contributed by atoms with Crippen LogP contribution in [0.1, 0.15) is 11.1 Å². The number of para-hydroxylation sites is 1. The Kier molecular flexibility index (Phi) is 5.35. The van der Waals surface area contributed by atoms with Crippen LogP contribution in [0.25, 0.3) is 0 Å². The van der Waals surface area contributed by atoms with Gasteiger partial charge in [-0.15, -0.1) is 0 Å². The maximum absolute atomic E-state index is 11.8. The van der Waals surface area contributed by atoms with Gasteiger partial charge in [0.2, 0.25) is 0 Å². The van der Waals surface area contributed by atoms with Crippen LogP contribution in [0, 0.1) is 0 Å². The maximum Gasteiger partial charge on any atom is 0.262 e. The molecule has 2 aromatic rings. The van der Waals surface area contributed by atoms with Gasteiger partial charge in [0.25, 0.3) is 5.91 Å². The van der Waals surface area contributed by atoms with Gasteiger partial charge in [-0.3, -0.25) is 4.79 Å². The minimum atomic E-state index is -0.397. The van der Waals surface area contributed by atoms with Gasteiger partial charge in [-0.25, -0.2) is 0 Å². The quantitative estimate of drug-likeness (QED) is 0.646. The van der Waals surface area contributed by atoms with Gasteiger partial charge < -0.3 is 25.4 Å². The molecule has 116 valence electrons. The Morgan fingerprint density at radius 1 is 1.05 bits per heavy atom. The number of benzene rings is 2. The molecular weight excluding hydrogens is 286 g/mol. The third kappa shape index (κ3) is 3.97. The number of carbonyl (C=O) groups is 1. The van der Waals surface area contributed by atoms with Crippen LogP contribution in [0.5, 0.6) is 11.5 Å². The zero-order valence-electron chi connectivity index (χ0n) is 11.8. The summed E-state index contributed by atoms with van der Waals surface area (Å²) in [5.41, 5.74) is 1.11. The summed E-state index contributed by atoms with van der Waals surface area (Å²) in [4.78, 5) is 11.8. The fourth-order valence-corrected chi connectivity index (χ4v) is 1.92. The molecule has 6 heteroatoms. The summed E-state index contributed by atoms with van der Waals surface area (Å²) < 4.78 is 5.33. The van der Waals surface area contributed by atoms with Gasteiger partial charge in [-0.05, 0) is 24.3 Å². The summed E-state index contributed by atoms with van der Waals surface area (Å²) in [7, 11) is 0. The fourth-order valence-electron chi connectivity index (χ4n) is 1.92. The highest BCUT2D eigenvalue weighted by Gasteiger charge is 2.11. The van der Waals surface area contributed by atoms with Crippen molar-refractivity contribution >= 4 is 11.6 Å². The molecular formula is C16H17NO5. The number of phenols is 1. The lowest BCUT2D eigenvalue weighted by molar-refractivity contribution is -0.118. The second-order valence-electron chi connectivity index (χ2n) is 4.61. The maximum atomic E-state index is 11.8. The number of rotatable bonds is 6. The predicted molar refractivity (Wildman–Crippen MR) is 80.5 cm³/mol. The molecule has 2 aromatic carbocycles. The molecule has 4 N–H and O–H groups in total. The van der Waals surface area contributed by atoms with E-state index in [1.165, 1.54) is 12.1 Å². The van der Waals surface area contributed by atoms with Crippen LogP contribution in [0.4, 0.5) is 5.69 Å². The van der Waals surface area contributed by atoms with Gasteiger partial charge in [0, 0.05) is 16.8 Å².